The van der Waals surface area contributed by atoms with Crippen LogP contribution in [0.5, 0.6) is 0 Å². The van der Waals surface area contributed by atoms with Crippen molar-refractivity contribution < 1.29 is 9.90 Å². The first-order valence-electron chi connectivity index (χ1n) is 9.58. The second kappa shape index (κ2) is 9.32. The lowest BCUT2D eigenvalue weighted by Crippen LogP contribution is -2.48. The third kappa shape index (κ3) is 4.66. The van der Waals surface area contributed by atoms with Gasteiger partial charge in [-0.3, -0.25) is 13.9 Å². The van der Waals surface area contributed by atoms with E-state index in [2.05, 4.69) is 27.8 Å². The van der Waals surface area contributed by atoms with Crippen molar-refractivity contribution in [1.29, 1.82) is 0 Å². The molecular weight excluding hydrogens is 452 g/mol. The number of aromatic carboxylic acids is 1. The molecule has 1 aromatic carbocycles. The molecule has 0 amide bonds. The maximum atomic E-state index is 13.3. The van der Waals surface area contributed by atoms with Gasteiger partial charge < -0.3 is 15.7 Å². The van der Waals surface area contributed by atoms with Crippen molar-refractivity contribution in [3.05, 3.63) is 60.7 Å². The van der Waals surface area contributed by atoms with E-state index in [-0.39, 0.29) is 24.7 Å². The fourth-order valence-corrected chi connectivity index (χ4v) is 4.02. The van der Waals surface area contributed by atoms with E-state index in [0.29, 0.717) is 28.9 Å². The zero-order valence-corrected chi connectivity index (χ0v) is 18.2. The van der Waals surface area contributed by atoms with Crippen LogP contribution in [-0.2, 0) is 13.1 Å². The highest BCUT2D eigenvalue weighted by Gasteiger charge is 2.22. The first-order chi connectivity index (χ1) is 14.3. The van der Waals surface area contributed by atoms with Crippen molar-refractivity contribution in [2.75, 3.05) is 18.0 Å². The maximum Gasteiger partial charge on any atom is 0.336 e. The summed E-state index contributed by atoms with van der Waals surface area (Å²) in [6, 6.07) is 6.03. The molecule has 3 N–H and O–H groups in total. The number of hydrogen-bond acceptors (Lipinski definition) is 5. The molecule has 9 heteroatoms. The summed E-state index contributed by atoms with van der Waals surface area (Å²) in [6.45, 7) is 2.90. The Morgan fingerprint density at radius 2 is 2.07 bits per heavy atom. The molecular formula is C21H23BrN4O4. The van der Waals surface area contributed by atoms with Crippen LogP contribution in [0.25, 0.3) is 0 Å². The van der Waals surface area contributed by atoms with Crippen LogP contribution in [-0.4, -0.2) is 39.3 Å². The average Bonchev–Trinajstić information content (AvgIpc) is 2.70. The third-order valence-electron chi connectivity index (χ3n) is 5.08. The summed E-state index contributed by atoms with van der Waals surface area (Å²) in [5.41, 5.74) is 5.45. The average molecular weight is 475 g/mol. The monoisotopic (exact) mass is 474 g/mol. The molecule has 8 nitrogen and oxygen atoms in total. The Hall–Kier alpha value is -2.83. The Morgan fingerprint density at radius 3 is 2.73 bits per heavy atom. The Labute approximate surface area is 182 Å². The van der Waals surface area contributed by atoms with Gasteiger partial charge in [-0.25, -0.2) is 9.59 Å². The van der Waals surface area contributed by atoms with Crippen molar-refractivity contribution in [2.45, 2.75) is 38.9 Å². The molecule has 1 aromatic heterocycles. The number of nitrogens with zero attached hydrogens (tertiary/aromatic N) is 3. The first kappa shape index (κ1) is 21.9. The first-order valence-corrected chi connectivity index (χ1v) is 10.4. The molecule has 0 unspecified atom stereocenters. The zero-order chi connectivity index (χ0) is 21.8. The summed E-state index contributed by atoms with van der Waals surface area (Å²) in [5.74, 6) is 5.03. The van der Waals surface area contributed by atoms with E-state index in [1.165, 1.54) is 16.7 Å². The van der Waals surface area contributed by atoms with Gasteiger partial charge in [0.05, 0.1) is 18.7 Å². The number of benzene rings is 1. The summed E-state index contributed by atoms with van der Waals surface area (Å²) in [7, 11) is 0. The number of halogens is 1. The molecule has 1 atom stereocenters. The lowest BCUT2D eigenvalue weighted by atomic mass is 10.1. The van der Waals surface area contributed by atoms with Crippen LogP contribution in [0.3, 0.4) is 0 Å². The van der Waals surface area contributed by atoms with E-state index in [1.807, 2.05) is 4.90 Å². The Morgan fingerprint density at radius 1 is 1.30 bits per heavy atom. The van der Waals surface area contributed by atoms with Crippen LogP contribution in [0, 0.1) is 11.8 Å². The molecule has 30 heavy (non-hydrogen) atoms. The van der Waals surface area contributed by atoms with E-state index >= 15 is 0 Å². The van der Waals surface area contributed by atoms with Gasteiger partial charge in [0.15, 0.2) is 0 Å². The quantitative estimate of drug-likeness (QED) is 0.634. The van der Waals surface area contributed by atoms with Crippen molar-refractivity contribution in [2.24, 2.45) is 5.73 Å². The van der Waals surface area contributed by atoms with Crippen LogP contribution in [0.15, 0.2) is 38.3 Å². The molecule has 1 saturated heterocycles. The second-order valence-electron chi connectivity index (χ2n) is 7.18. The maximum absolute atomic E-state index is 13.3. The Kier molecular flexibility index (Phi) is 6.80. The topological polar surface area (TPSA) is 111 Å². The lowest BCUT2D eigenvalue weighted by Gasteiger charge is -2.33. The zero-order valence-electron chi connectivity index (χ0n) is 16.6. The number of carboxylic acids is 1. The highest BCUT2D eigenvalue weighted by atomic mass is 79.9. The van der Waals surface area contributed by atoms with Crippen molar-refractivity contribution in [3.63, 3.8) is 0 Å². The number of rotatable bonds is 5. The van der Waals surface area contributed by atoms with Gasteiger partial charge in [-0.15, -0.1) is 5.92 Å². The van der Waals surface area contributed by atoms with Gasteiger partial charge in [-0.1, -0.05) is 21.9 Å². The SMILES string of the molecule is CC#CCn1c(N2CCC[C@@H](N)C2)cc(=O)n(Cc2cc(Br)ccc2C(=O)O)c1=O. The molecule has 0 aliphatic carbocycles. The minimum Gasteiger partial charge on any atom is -0.478 e. The molecule has 2 aromatic rings. The molecule has 0 radical (unpaired) electrons. The van der Waals surface area contributed by atoms with Gasteiger partial charge in [0.1, 0.15) is 5.82 Å². The standard InChI is InChI=1S/C21H23BrN4O4/c1-2-3-9-25-18(24-8-4-5-16(23)13-24)11-19(27)26(21(25)30)12-14-10-15(22)6-7-17(14)20(28)29/h6-7,10-11,16H,4-5,8-9,12-13,23H2,1H3,(H,28,29)/t16-/m1/s1. The molecule has 1 aliphatic heterocycles. The van der Waals surface area contributed by atoms with Crippen molar-refractivity contribution in [1.82, 2.24) is 9.13 Å². The summed E-state index contributed by atoms with van der Waals surface area (Å²) in [6.07, 6.45) is 1.77. The van der Waals surface area contributed by atoms with Crippen LogP contribution in [0.2, 0.25) is 0 Å². The number of anilines is 1. The van der Waals surface area contributed by atoms with Gasteiger partial charge in [0.25, 0.3) is 5.56 Å². The number of carboxylic acid groups (broad SMARTS) is 1. The van der Waals surface area contributed by atoms with Crippen molar-refractivity contribution >= 4 is 27.7 Å². The molecule has 0 bridgehead atoms. The minimum atomic E-state index is -1.12. The molecule has 0 spiro atoms. The Balaban J connectivity index is 2.12. The van der Waals surface area contributed by atoms with Gasteiger partial charge in [0.2, 0.25) is 0 Å². The number of aromatic nitrogens is 2. The van der Waals surface area contributed by atoms with Crippen molar-refractivity contribution in [3.8, 4) is 11.8 Å². The normalized spacial score (nSPS) is 16.1. The van der Waals surface area contributed by atoms with E-state index in [0.717, 1.165) is 17.4 Å². The summed E-state index contributed by atoms with van der Waals surface area (Å²) >= 11 is 3.31. The van der Waals surface area contributed by atoms with E-state index in [4.69, 9.17) is 5.73 Å². The highest BCUT2D eigenvalue weighted by Crippen LogP contribution is 2.19. The summed E-state index contributed by atoms with van der Waals surface area (Å²) in [4.78, 5) is 39.6. The lowest BCUT2D eigenvalue weighted by molar-refractivity contribution is 0.0695. The molecule has 3 rings (SSSR count). The van der Waals surface area contributed by atoms with Gasteiger partial charge >= 0.3 is 11.7 Å². The number of hydrogen-bond donors (Lipinski definition) is 2. The second-order valence-corrected chi connectivity index (χ2v) is 8.09. The summed E-state index contributed by atoms with van der Waals surface area (Å²) < 4.78 is 3.15. The summed E-state index contributed by atoms with van der Waals surface area (Å²) in [5, 5.41) is 9.46. The molecule has 2 heterocycles. The van der Waals surface area contributed by atoms with E-state index in [1.54, 1.807) is 19.1 Å². The van der Waals surface area contributed by atoms with Gasteiger partial charge in [-0.05, 0) is 43.5 Å². The molecule has 158 valence electrons. The third-order valence-corrected chi connectivity index (χ3v) is 5.57. The fourth-order valence-electron chi connectivity index (χ4n) is 3.61. The van der Waals surface area contributed by atoms with Crippen LogP contribution >= 0.6 is 15.9 Å². The molecule has 1 fully saturated rings. The van der Waals surface area contributed by atoms with Crippen LogP contribution < -0.4 is 21.9 Å². The van der Waals surface area contributed by atoms with Gasteiger partial charge in [0, 0.05) is 29.7 Å². The number of nitrogens with two attached hydrogens (primary N) is 1. The minimum absolute atomic E-state index is 0.0261. The fraction of sp³-hybridized carbons (Fsp3) is 0.381. The largest absolute Gasteiger partial charge is 0.478 e. The molecule has 0 saturated carbocycles. The predicted molar refractivity (Wildman–Crippen MR) is 118 cm³/mol. The number of piperidine rings is 1. The molecule has 1 aliphatic rings. The van der Waals surface area contributed by atoms with E-state index in [9.17, 15) is 19.5 Å². The predicted octanol–water partition coefficient (Wildman–Crippen LogP) is 1.47. The van der Waals surface area contributed by atoms with Crippen LogP contribution in [0.1, 0.15) is 35.7 Å². The smallest absolute Gasteiger partial charge is 0.336 e. The Bertz CT molecular complexity index is 1140. The van der Waals surface area contributed by atoms with Crippen LogP contribution in [0.4, 0.5) is 5.82 Å². The van der Waals surface area contributed by atoms with Gasteiger partial charge in [-0.2, -0.15) is 0 Å². The highest BCUT2D eigenvalue weighted by molar-refractivity contribution is 9.10. The number of carbonyl (C=O) groups is 1. The van der Waals surface area contributed by atoms with E-state index < -0.39 is 17.2 Å².